The maximum atomic E-state index is 12.7. The first-order chi connectivity index (χ1) is 11.2. The lowest BCUT2D eigenvalue weighted by Crippen LogP contribution is -2.52. The molecule has 0 aromatic carbocycles. The van der Waals surface area contributed by atoms with Crippen LogP contribution in [0.2, 0.25) is 5.02 Å². The number of alkyl halides is 3. The van der Waals surface area contributed by atoms with Crippen molar-refractivity contribution in [2.75, 3.05) is 11.4 Å². The number of rotatable bonds is 2. The Labute approximate surface area is 139 Å². The van der Waals surface area contributed by atoms with Gasteiger partial charge >= 0.3 is 6.18 Å². The molecule has 6 nitrogen and oxygen atoms in total. The van der Waals surface area contributed by atoms with Gasteiger partial charge in [-0.05, 0) is 6.07 Å². The van der Waals surface area contributed by atoms with Gasteiger partial charge in [0.25, 0.3) is 0 Å². The van der Waals surface area contributed by atoms with Crippen molar-refractivity contribution < 1.29 is 18.0 Å². The highest BCUT2D eigenvalue weighted by molar-refractivity contribution is 6.32. The van der Waals surface area contributed by atoms with Crippen molar-refractivity contribution in [3.8, 4) is 11.9 Å². The molecule has 124 valence electrons. The highest BCUT2D eigenvalue weighted by Gasteiger charge is 2.38. The number of hydrogen-bond acceptors (Lipinski definition) is 4. The zero-order valence-electron chi connectivity index (χ0n) is 12.2. The smallest absolute Gasteiger partial charge is 0.294 e. The Hall–Kier alpha value is -2.60. The molecule has 3 heterocycles. The summed E-state index contributed by atoms with van der Waals surface area (Å²) < 4.78 is 39.2. The minimum Gasteiger partial charge on any atom is -0.294 e. The Bertz CT molecular complexity index is 870. The number of nitrogens with zero attached hydrogens (tertiary/aromatic N) is 5. The van der Waals surface area contributed by atoms with Gasteiger partial charge in [0.2, 0.25) is 5.91 Å². The van der Waals surface area contributed by atoms with Gasteiger partial charge in [0.05, 0.1) is 22.7 Å². The fourth-order valence-corrected chi connectivity index (χ4v) is 2.61. The summed E-state index contributed by atoms with van der Waals surface area (Å²) in [5, 5.41) is 12.8. The van der Waals surface area contributed by atoms with E-state index < -0.39 is 11.7 Å². The van der Waals surface area contributed by atoms with Gasteiger partial charge in [-0.2, -0.15) is 28.2 Å². The van der Waals surface area contributed by atoms with Crippen LogP contribution in [-0.2, 0) is 11.0 Å². The van der Waals surface area contributed by atoms with Crippen molar-refractivity contribution in [3.05, 3.63) is 34.6 Å². The molecule has 1 saturated heterocycles. The molecule has 1 aliphatic rings. The molecule has 24 heavy (non-hydrogen) atoms. The molecule has 0 aliphatic carbocycles. The Balaban J connectivity index is 2.10. The number of aromatic nitrogens is 3. The minimum absolute atomic E-state index is 0.0893. The zero-order chi connectivity index (χ0) is 17.6. The molecular weight excluding hydrogens is 347 g/mol. The molecule has 1 amide bonds. The van der Waals surface area contributed by atoms with Gasteiger partial charge in [0, 0.05) is 12.7 Å². The van der Waals surface area contributed by atoms with E-state index in [-0.39, 0.29) is 34.0 Å². The Morgan fingerprint density at radius 1 is 1.42 bits per heavy atom. The van der Waals surface area contributed by atoms with Crippen LogP contribution in [0.15, 0.2) is 18.5 Å². The van der Waals surface area contributed by atoms with E-state index >= 15 is 0 Å². The molecule has 0 N–H and O–H groups in total. The van der Waals surface area contributed by atoms with E-state index in [1.807, 2.05) is 6.07 Å². The maximum absolute atomic E-state index is 12.7. The first kappa shape index (κ1) is 16.3. The number of halogens is 4. The second kappa shape index (κ2) is 5.49. The van der Waals surface area contributed by atoms with Crippen molar-refractivity contribution in [2.24, 2.45) is 5.92 Å². The van der Waals surface area contributed by atoms with E-state index in [2.05, 4.69) is 10.1 Å². The van der Waals surface area contributed by atoms with Crippen molar-refractivity contribution >= 4 is 23.3 Å². The fraction of sp³-hybridized carbons (Fsp3) is 0.286. The van der Waals surface area contributed by atoms with Crippen molar-refractivity contribution in [1.29, 1.82) is 5.26 Å². The molecule has 1 fully saturated rings. The van der Waals surface area contributed by atoms with Gasteiger partial charge in [-0.25, -0.2) is 4.98 Å². The summed E-state index contributed by atoms with van der Waals surface area (Å²) >= 11 is 5.92. The third-order valence-corrected chi connectivity index (χ3v) is 3.89. The quantitative estimate of drug-likeness (QED) is 0.776. The van der Waals surface area contributed by atoms with E-state index in [1.165, 1.54) is 11.1 Å². The molecule has 0 spiro atoms. The van der Waals surface area contributed by atoms with Gasteiger partial charge in [0.1, 0.15) is 11.6 Å². The predicted octanol–water partition coefficient (Wildman–Crippen LogP) is 2.79. The zero-order valence-corrected chi connectivity index (χ0v) is 12.9. The van der Waals surface area contributed by atoms with Gasteiger partial charge < -0.3 is 0 Å². The number of amides is 1. The number of carbonyl (C=O) groups is 1. The maximum Gasteiger partial charge on any atom is 0.417 e. The molecule has 2 aromatic heterocycles. The Kier molecular flexibility index (Phi) is 3.72. The van der Waals surface area contributed by atoms with Crippen molar-refractivity contribution in [3.63, 3.8) is 0 Å². The van der Waals surface area contributed by atoms with Gasteiger partial charge in [-0.15, -0.1) is 0 Å². The third-order valence-electron chi connectivity index (χ3n) is 3.61. The normalized spacial score (nSPS) is 17.6. The minimum atomic E-state index is -4.58. The first-order valence-electron chi connectivity index (χ1n) is 6.76. The van der Waals surface area contributed by atoms with Gasteiger partial charge in [-0.3, -0.25) is 9.69 Å². The lowest BCUT2D eigenvalue weighted by atomic mass is 10.0. The Morgan fingerprint density at radius 2 is 2.12 bits per heavy atom. The largest absolute Gasteiger partial charge is 0.417 e. The molecule has 1 atom stereocenters. The number of nitriles is 1. The lowest BCUT2D eigenvalue weighted by molar-refractivity contribution is -0.137. The summed E-state index contributed by atoms with van der Waals surface area (Å²) in [4.78, 5) is 17.0. The van der Waals surface area contributed by atoms with Gasteiger partial charge in [-0.1, -0.05) is 18.5 Å². The molecule has 0 radical (unpaired) electrons. The summed E-state index contributed by atoms with van der Waals surface area (Å²) in [6.45, 7) is 2.10. The standard InChI is InChI=1S/C14H9ClF3N5O/c1-7-6-22(13(7)24)12-8(3-19)4-21-23(12)11-10(15)2-9(5-20-11)14(16,17)18/h2,4-5,7H,6H2,1H3. The van der Waals surface area contributed by atoms with Crippen LogP contribution in [0.25, 0.3) is 5.82 Å². The SMILES string of the molecule is CC1CN(c2c(C#N)cnn2-c2ncc(C(F)(F)F)cc2Cl)C1=O. The summed E-state index contributed by atoms with van der Waals surface area (Å²) in [5.41, 5.74) is -0.896. The monoisotopic (exact) mass is 355 g/mol. The number of β-lactam (4-membered cyclic amide) rings is 1. The van der Waals surface area contributed by atoms with E-state index in [0.29, 0.717) is 12.7 Å². The second-order valence-corrected chi connectivity index (χ2v) is 5.69. The third kappa shape index (κ3) is 2.49. The van der Waals surface area contributed by atoms with E-state index in [4.69, 9.17) is 11.6 Å². The highest BCUT2D eigenvalue weighted by atomic mass is 35.5. The average molecular weight is 356 g/mol. The van der Waals surface area contributed by atoms with Crippen LogP contribution in [0, 0.1) is 17.2 Å². The van der Waals surface area contributed by atoms with Crippen LogP contribution < -0.4 is 4.90 Å². The molecule has 0 saturated carbocycles. The van der Waals surface area contributed by atoms with Crippen LogP contribution in [0.1, 0.15) is 18.1 Å². The van der Waals surface area contributed by atoms with Crippen LogP contribution in [-0.4, -0.2) is 27.2 Å². The Morgan fingerprint density at radius 3 is 2.62 bits per heavy atom. The van der Waals surface area contributed by atoms with Crippen LogP contribution >= 0.6 is 11.6 Å². The molecular formula is C14H9ClF3N5O. The van der Waals surface area contributed by atoms with E-state index in [0.717, 1.165) is 10.7 Å². The number of carbonyl (C=O) groups excluding carboxylic acids is 1. The summed E-state index contributed by atoms with van der Waals surface area (Å²) in [6.07, 6.45) is -2.75. The van der Waals surface area contributed by atoms with Crippen LogP contribution in [0.5, 0.6) is 0 Å². The van der Waals surface area contributed by atoms with Gasteiger partial charge in [0.15, 0.2) is 11.6 Å². The second-order valence-electron chi connectivity index (χ2n) is 5.28. The number of hydrogen-bond donors (Lipinski definition) is 0. The van der Waals surface area contributed by atoms with Crippen molar-refractivity contribution in [1.82, 2.24) is 14.8 Å². The summed E-state index contributed by atoms with van der Waals surface area (Å²) in [7, 11) is 0. The van der Waals surface area contributed by atoms with Crippen LogP contribution in [0.3, 0.4) is 0 Å². The first-order valence-corrected chi connectivity index (χ1v) is 7.14. The molecule has 1 unspecified atom stereocenters. The van der Waals surface area contributed by atoms with Crippen molar-refractivity contribution in [2.45, 2.75) is 13.1 Å². The van der Waals surface area contributed by atoms with E-state index in [1.54, 1.807) is 6.92 Å². The molecule has 3 rings (SSSR count). The number of pyridine rings is 1. The molecule has 0 bridgehead atoms. The molecule has 10 heteroatoms. The fourth-order valence-electron chi connectivity index (χ4n) is 2.36. The average Bonchev–Trinajstić information content (AvgIpc) is 2.94. The molecule has 1 aliphatic heterocycles. The highest BCUT2D eigenvalue weighted by Crippen LogP contribution is 2.35. The summed E-state index contributed by atoms with van der Waals surface area (Å²) in [6, 6.07) is 2.62. The summed E-state index contributed by atoms with van der Waals surface area (Å²) in [5.74, 6) is -0.351. The number of anilines is 1. The molecule has 2 aromatic rings. The topological polar surface area (TPSA) is 74.8 Å². The lowest BCUT2D eigenvalue weighted by Gasteiger charge is -2.36. The van der Waals surface area contributed by atoms with E-state index in [9.17, 15) is 23.2 Å². The van der Waals surface area contributed by atoms with Crippen LogP contribution in [0.4, 0.5) is 19.0 Å². The predicted molar refractivity (Wildman–Crippen MR) is 77.6 cm³/mol.